The van der Waals surface area contributed by atoms with Gasteiger partial charge in [-0.3, -0.25) is 4.98 Å². The van der Waals surface area contributed by atoms with E-state index in [1.807, 2.05) is 19.1 Å². The molecular weight excluding hydrogens is 248 g/mol. The van der Waals surface area contributed by atoms with Crippen molar-refractivity contribution in [2.45, 2.75) is 58.5 Å². The summed E-state index contributed by atoms with van der Waals surface area (Å²) in [6.45, 7) is 4.77. The Balaban J connectivity index is 2.09. The fraction of sp³-hybridized carbons (Fsp3) is 0.706. The Kier molecular flexibility index (Phi) is 5.17. The van der Waals surface area contributed by atoms with Crippen LogP contribution in [0.2, 0.25) is 0 Å². The van der Waals surface area contributed by atoms with Gasteiger partial charge in [-0.15, -0.1) is 0 Å². The van der Waals surface area contributed by atoms with E-state index in [-0.39, 0.29) is 5.41 Å². The molecule has 0 radical (unpaired) electrons. The molecule has 2 rings (SSSR count). The third-order valence-electron chi connectivity index (χ3n) is 5.03. The van der Waals surface area contributed by atoms with Gasteiger partial charge in [0.05, 0.1) is 6.10 Å². The Bertz CT molecular complexity index is 408. The molecule has 1 heterocycles. The monoisotopic (exact) mass is 276 g/mol. The van der Waals surface area contributed by atoms with Crippen molar-refractivity contribution in [3.8, 4) is 0 Å². The van der Waals surface area contributed by atoms with E-state index in [9.17, 15) is 5.11 Å². The molecule has 1 atom stereocenters. The quantitative estimate of drug-likeness (QED) is 0.867. The summed E-state index contributed by atoms with van der Waals surface area (Å²) in [6.07, 6.45) is 8.33. The largest absolute Gasteiger partial charge is 0.388 e. The van der Waals surface area contributed by atoms with E-state index >= 15 is 0 Å². The summed E-state index contributed by atoms with van der Waals surface area (Å²) in [7, 11) is 0. The van der Waals surface area contributed by atoms with Crippen LogP contribution >= 0.6 is 0 Å². The van der Waals surface area contributed by atoms with Crippen LogP contribution < -0.4 is 5.73 Å². The van der Waals surface area contributed by atoms with Gasteiger partial charge in [-0.1, -0.05) is 25.8 Å². The van der Waals surface area contributed by atoms with Gasteiger partial charge < -0.3 is 10.8 Å². The van der Waals surface area contributed by atoms with Crippen LogP contribution in [0.25, 0.3) is 0 Å². The van der Waals surface area contributed by atoms with Crippen molar-refractivity contribution in [1.29, 1.82) is 0 Å². The second-order valence-electron chi connectivity index (χ2n) is 6.43. The van der Waals surface area contributed by atoms with Crippen molar-refractivity contribution in [3.63, 3.8) is 0 Å². The lowest BCUT2D eigenvalue weighted by Gasteiger charge is -2.43. The van der Waals surface area contributed by atoms with Gasteiger partial charge in [0.25, 0.3) is 0 Å². The Labute approximate surface area is 122 Å². The van der Waals surface area contributed by atoms with Crippen LogP contribution in [0.15, 0.2) is 18.3 Å². The van der Waals surface area contributed by atoms with Crippen LogP contribution in [0, 0.1) is 18.3 Å². The molecule has 112 valence electrons. The molecule has 0 spiro atoms. The lowest BCUT2D eigenvalue weighted by atomic mass is 9.65. The summed E-state index contributed by atoms with van der Waals surface area (Å²) in [6, 6.07) is 3.95. The van der Waals surface area contributed by atoms with Gasteiger partial charge in [0.2, 0.25) is 0 Å². The number of nitrogens with two attached hydrogens (primary N) is 1. The van der Waals surface area contributed by atoms with Gasteiger partial charge >= 0.3 is 0 Å². The van der Waals surface area contributed by atoms with E-state index in [0.29, 0.717) is 6.54 Å². The van der Waals surface area contributed by atoms with Gasteiger partial charge in [-0.25, -0.2) is 0 Å². The van der Waals surface area contributed by atoms with E-state index in [1.165, 1.54) is 25.7 Å². The summed E-state index contributed by atoms with van der Waals surface area (Å²) in [4.78, 5) is 4.30. The molecule has 3 nitrogen and oxygen atoms in total. The van der Waals surface area contributed by atoms with Crippen molar-refractivity contribution >= 4 is 0 Å². The van der Waals surface area contributed by atoms with E-state index in [2.05, 4.69) is 11.9 Å². The molecule has 3 N–H and O–H groups in total. The molecule has 1 fully saturated rings. The van der Waals surface area contributed by atoms with Gasteiger partial charge in [0.1, 0.15) is 0 Å². The van der Waals surface area contributed by atoms with Crippen LogP contribution in [-0.4, -0.2) is 16.6 Å². The predicted molar refractivity (Wildman–Crippen MR) is 82.3 cm³/mol. The first-order chi connectivity index (χ1) is 9.61. The maximum Gasteiger partial charge on any atom is 0.0873 e. The minimum absolute atomic E-state index is 0.152. The molecule has 0 aliphatic heterocycles. The van der Waals surface area contributed by atoms with Gasteiger partial charge in [-0.05, 0) is 50.2 Å². The third kappa shape index (κ3) is 3.21. The number of aromatic nitrogens is 1. The Morgan fingerprint density at radius 2 is 2.10 bits per heavy atom. The fourth-order valence-corrected chi connectivity index (χ4v) is 3.53. The molecule has 0 aromatic carbocycles. The van der Waals surface area contributed by atoms with Crippen molar-refractivity contribution < 1.29 is 5.11 Å². The average Bonchev–Trinajstić information content (AvgIpc) is 2.49. The van der Waals surface area contributed by atoms with Crippen LogP contribution in [0.3, 0.4) is 0 Å². The van der Waals surface area contributed by atoms with Gasteiger partial charge in [0, 0.05) is 23.9 Å². The minimum atomic E-state index is -0.483. The summed E-state index contributed by atoms with van der Waals surface area (Å²) in [5.74, 6) is 0.822. The number of hydrogen-bond donors (Lipinski definition) is 2. The molecular formula is C17H28N2O. The molecule has 1 aliphatic rings. The summed E-state index contributed by atoms with van der Waals surface area (Å²) in [5.41, 5.74) is 7.79. The van der Waals surface area contributed by atoms with Crippen molar-refractivity contribution in [2.24, 2.45) is 17.1 Å². The van der Waals surface area contributed by atoms with Crippen LogP contribution in [0.4, 0.5) is 0 Å². The number of aliphatic hydroxyl groups is 1. The van der Waals surface area contributed by atoms with Crippen molar-refractivity contribution in [2.75, 3.05) is 6.54 Å². The highest BCUT2D eigenvalue weighted by molar-refractivity contribution is 5.18. The molecule has 1 unspecified atom stereocenters. The summed E-state index contributed by atoms with van der Waals surface area (Å²) in [5, 5.41) is 10.8. The molecule has 1 aliphatic carbocycles. The topological polar surface area (TPSA) is 59.1 Å². The highest BCUT2D eigenvalue weighted by Gasteiger charge is 2.40. The summed E-state index contributed by atoms with van der Waals surface area (Å²) >= 11 is 0. The van der Waals surface area contributed by atoms with Crippen molar-refractivity contribution in [1.82, 2.24) is 4.98 Å². The molecule has 1 aromatic rings. The molecule has 1 aromatic heterocycles. The molecule has 0 amide bonds. The van der Waals surface area contributed by atoms with Gasteiger partial charge in [0.15, 0.2) is 0 Å². The van der Waals surface area contributed by atoms with Crippen LogP contribution in [0.5, 0.6) is 0 Å². The number of aliphatic hydroxyl groups excluding tert-OH is 1. The van der Waals surface area contributed by atoms with Gasteiger partial charge in [-0.2, -0.15) is 0 Å². The molecule has 0 saturated heterocycles. The highest BCUT2D eigenvalue weighted by atomic mass is 16.3. The lowest BCUT2D eigenvalue weighted by molar-refractivity contribution is -0.0110. The lowest BCUT2D eigenvalue weighted by Crippen LogP contribution is -2.40. The minimum Gasteiger partial charge on any atom is -0.388 e. The van der Waals surface area contributed by atoms with E-state index in [1.54, 1.807) is 6.20 Å². The maximum absolute atomic E-state index is 10.8. The number of pyridine rings is 1. The highest BCUT2D eigenvalue weighted by Crippen LogP contribution is 2.47. The molecule has 0 bridgehead atoms. The first-order valence-electron chi connectivity index (χ1n) is 7.92. The molecule has 20 heavy (non-hydrogen) atoms. The van der Waals surface area contributed by atoms with Crippen molar-refractivity contribution in [3.05, 3.63) is 29.6 Å². The molecule has 1 saturated carbocycles. The number of nitrogens with zero attached hydrogens (tertiary/aromatic N) is 1. The standard InChI is InChI=1S/C17H28N2O/c1-3-4-14-7-9-17(12-18,10-8-14)16(20)15-6-5-13(2)19-11-15/h5-6,11,14,16,20H,3-4,7-10,12,18H2,1-2H3. The number of aryl methyl sites for hydroxylation is 1. The smallest absolute Gasteiger partial charge is 0.0873 e. The second-order valence-corrected chi connectivity index (χ2v) is 6.43. The maximum atomic E-state index is 10.8. The second kappa shape index (κ2) is 6.68. The zero-order valence-corrected chi connectivity index (χ0v) is 12.8. The Morgan fingerprint density at radius 3 is 2.60 bits per heavy atom. The fourth-order valence-electron chi connectivity index (χ4n) is 3.53. The van der Waals surface area contributed by atoms with E-state index in [4.69, 9.17) is 5.73 Å². The zero-order chi connectivity index (χ0) is 14.6. The Morgan fingerprint density at radius 1 is 1.40 bits per heavy atom. The summed E-state index contributed by atoms with van der Waals surface area (Å²) < 4.78 is 0. The number of rotatable bonds is 5. The van der Waals surface area contributed by atoms with E-state index in [0.717, 1.165) is 30.0 Å². The SMILES string of the molecule is CCCC1CCC(CN)(C(O)c2ccc(C)nc2)CC1. The Hall–Kier alpha value is -0.930. The van der Waals surface area contributed by atoms with E-state index < -0.39 is 6.10 Å². The zero-order valence-electron chi connectivity index (χ0n) is 12.8. The average molecular weight is 276 g/mol. The predicted octanol–water partition coefficient (Wildman–Crippen LogP) is 3.36. The van der Waals surface area contributed by atoms with Crippen LogP contribution in [-0.2, 0) is 0 Å². The first kappa shape index (κ1) is 15.5. The number of hydrogen-bond acceptors (Lipinski definition) is 3. The molecule has 3 heteroatoms. The first-order valence-corrected chi connectivity index (χ1v) is 7.92. The normalized spacial score (nSPS) is 28.3. The van der Waals surface area contributed by atoms with Crippen LogP contribution in [0.1, 0.15) is 62.8 Å². The third-order valence-corrected chi connectivity index (χ3v) is 5.03.